The summed E-state index contributed by atoms with van der Waals surface area (Å²) in [7, 11) is 0. The summed E-state index contributed by atoms with van der Waals surface area (Å²) in [5.41, 5.74) is 33.1. The van der Waals surface area contributed by atoms with Crippen molar-refractivity contribution in [2.24, 2.45) is 0 Å². The first kappa shape index (κ1) is 70.3. The molecule has 0 saturated heterocycles. The minimum absolute atomic E-state index is 0.102. The number of rotatable bonds is 33. The van der Waals surface area contributed by atoms with Crippen LogP contribution in [-0.2, 0) is 16.2 Å². The van der Waals surface area contributed by atoms with Crippen molar-refractivity contribution in [1.82, 2.24) is 0 Å². The molecule has 0 amide bonds. The number of anilines is 3. The van der Waals surface area contributed by atoms with Gasteiger partial charge in [0.1, 0.15) is 22.3 Å². The van der Waals surface area contributed by atoms with E-state index in [0.29, 0.717) is 0 Å². The van der Waals surface area contributed by atoms with Crippen LogP contribution in [0, 0.1) is 20.8 Å². The van der Waals surface area contributed by atoms with Gasteiger partial charge in [-0.3, -0.25) is 0 Å². The molecule has 0 aliphatic heterocycles. The molecule has 0 fully saturated rings. The zero-order valence-corrected chi connectivity index (χ0v) is 63.9. The van der Waals surface area contributed by atoms with Crippen LogP contribution in [0.4, 0.5) is 17.1 Å². The monoisotopic (exact) mass is 1360 g/mol. The van der Waals surface area contributed by atoms with Crippen molar-refractivity contribution < 1.29 is 8.83 Å². The second-order valence-electron chi connectivity index (χ2n) is 32.4. The maximum Gasteiger partial charge on any atom is 0.143 e. The molecule has 0 spiro atoms. The predicted molar refractivity (Wildman–Crippen MR) is 443 cm³/mol. The molecular weight excluding hydrogens is 1250 g/mol. The summed E-state index contributed by atoms with van der Waals surface area (Å²) < 4.78 is 14.1. The number of aryl methyl sites for hydroxylation is 3. The number of unbranched alkanes of at least 4 members (excludes halogenated alkanes) is 20. The molecule has 2 heterocycles. The smallest absolute Gasteiger partial charge is 0.143 e. The SMILES string of the molecule is CCCCCCCCC1(CCCCCCCC)c2cc(N(c3ccc4c(c3)C(C)(C)c3cc(-c5ccccc5-c5ccccc5)c5oc6ccccc6c5c3-4)c3c(C)cc(C)cc3C)ccc2-c2cc3c(cc21)-c1c(ccc2oc4ccccc4c12)C3(CCCCCCCC)CCCCCCCC. The number of nitrogens with zero attached hydrogens (tertiary/aromatic N) is 1. The van der Waals surface area contributed by atoms with Gasteiger partial charge in [0.2, 0.25) is 0 Å². The molecular formula is C100H113NO2. The lowest BCUT2D eigenvalue weighted by Gasteiger charge is -2.35. The standard InChI is InChI=1S/C100H113NO2/c1-10-14-18-22-26-39-57-99(58-40-27-23-19-15-11-2)83-55-56-91-94(78-47-35-37-49-89(78)102-91)93(83)82-67-86-80(65-87(82)99)76-53-51-73(64-85(76)100(86,59-41-28-24-20-16-12-3)60-42-29-25-21-17-13-4)101(96-69(6)61-68(5)62-70(96)7)72-52-54-77-84(63-72)98(8,9)88-66-81(75-46-34-33-45-74(75)71-43-31-30-32-44-71)97-95(92(77)88)79-48-36-38-50-90(79)103-97/h30-38,43-56,61-67H,10-29,39-42,57-60H2,1-9H3. The fourth-order valence-corrected chi connectivity index (χ4v) is 20.0. The molecule has 3 heteroatoms. The van der Waals surface area contributed by atoms with Crippen LogP contribution in [0.15, 0.2) is 191 Å². The van der Waals surface area contributed by atoms with Crippen molar-refractivity contribution >= 4 is 60.9 Å². The summed E-state index contributed by atoms with van der Waals surface area (Å²) in [4.78, 5) is 2.69. The van der Waals surface area contributed by atoms with Crippen LogP contribution in [0.1, 0.15) is 271 Å². The number of furan rings is 2. The van der Waals surface area contributed by atoms with Crippen molar-refractivity contribution in [2.45, 2.75) is 258 Å². The second kappa shape index (κ2) is 30.4. The van der Waals surface area contributed by atoms with Gasteiger partial charge in [-0.25, -0.2) is 0 Å². The Morgan fingerprint density at radius 2 is 0.757 bits per heavy atom. The molecule has 0 unspecified atom stereocenters. The molecule has 3 nitrogen and oxygen atoms in total. The minimum Gasteiger partial charge on any atom is -0.456 e. The van der Waals surface area contributed by atoms with Crippen LogP contribution >= 0.6 is 0 Å². The van der Waals surface area contributed by atoms with E-state index >= 15 is 0 Å². The normalized spacial score (nSPS) is 14.2. The van der Waals surface area contributed by atoms with Gasteiger partial charge in [-0.1, -0.05) is 323 Å². The van der Waals surface area contributed by atoms with Gasteiger partial charge in [-0.15, -0.1) is 0 Å². The van der Waals surface area contributed by atoms with Crippen molar-refractivity contribution in [3.63, 3.8) is 0 Å². The van der Waals surface area contributed by atoms with Crippen molar-refractivity contribution in [2.75, 3.05) is 4.90 Å². The van der Waals surface area contributed by atoms with Gasteiger partial charge in [-0.05, 0) is 202 Å². The molecule has 103 heavy (non-hydrogen) atoms. The number of hydrogen-bond donors (Lipinski definition) is 0. The third-order valence-corrected chi connectivity index (χ3v) is 25.1. The summed E-state index contributed by atoms with van der Waals surface area (Å²) in [6, 6.07) is 71.0. The van der Waals surface area contributed by atoms with Gasteiger partial charge in [0.25, 0.3) is 0 Å². The highest BCUT2D eigenvalue weighted by molar-refractivity contribution is 6.20. The van der Waals surface area contributed by atoms with Crippen LogP contribution in [0.5, 0.6) is 0 Å². The Hall–Kier alpha value is -8.40. The maximum absolute atomic E-state index is 7.15. The van der Waals surface area contributed by atoms with Gasteiger partial charge in [0, 0.05) is 54.7 Å². The largest absolute Gasteiger partial charge is 0.456 e. The van der Waals surface area contributed by atoms with Crippen LogP contribution in [0.3, 0.4) is 0 Å². The second-order valence-corrected chi connectivity index (χ2v) is 32.4. The molecule has 0 saturated carbocycles. The van der Waals surface area contributed by atoms with E-state index in [-0.39, 0.29) is 16.2 Å². The Labute approximate surface area is 616 Å². The van der Waals surface area contributed by atoms with Gasteiger partial charge in [0.05, 0.1) is 5.69 Å². The number of fused-ring (bicyclic) bond motifs is 17. The zero-order chi connectivity index (χ0) is 70.8. The first-order valence-electron chi connectivity index (χ1n) is 40.9. The van der Waals surface area contributed by atoms with E-state index in [1.807, 2.05) is 0 Å². The highest BCUT2D eigenvalue weighted by Crippen LogP contribution is 2.64. The Morgan fingerprint density at radius 1 is 0.311 bits per heavy atom. The van der Waals surface area contributed by atoms with Crippen LogP contribution in [0.25, 0.3) is 99.5 Å². The highest BCUT2D eigenvalue weighted by atomic mass is 16.3. The van der Waals surface area contributed by atoms with Crippen LogP contribution < -0.4 is 4.90 Å². The van der Waals surface area contributed by atoms with E-state index < -0.39 is 0 Å². The lowest BCUT2D eigenvalue weighted by Crippen LogP contribution is -2.27. The van der Waals surface area contributed by atoms with Crippen molar-refractivity contribution in [3.8, 4) is 55.6 Å². The zero-order valence-electron chi connectivity index (χ0n) is 63.9. The Kier molecular flexibility index (Phi) is 20.7. The minimum atomic E-state index is -0.359. The third kappa shape index (κ3) is 12.8. The summed E-state index contributed by atoms with van der Waals surface area (Å²) in [5.74, 6) is 0. The van der Waals surface area contributed by atoms with Crippen LogP contribution in [0.2, 0.25) is 0 Å². The molecule has 3 aliphatic rings. The fourth-order valence-electron chi connectivity index (χ4n) is 20.0. The topological polar surface area (TPSA) is 29.5 Å². The quantitative estimate of drug-likeness (QED) is 0.0384. The number of benzene rings is 10. The summed E-state index contributed by atoms with van der Waals surface area (Å²) in [6.07, 6.45) is 35.6. The Bertz CT molecular complexity index is 4970. The summed E-state index contributed by atoms with van der Waals surface area (Å²) in [6.45, 7) is 21.4. The first-order valence-corrected chi connectivity index (χ1v) is 40.9. The molecule has 2 aromatic heterocycles. The van der Waals surface area contributed by atoms with E-state index in [1.165, 1.54) is 278 Å². The van der Waals surface area contributed by atoms with Gasteiger partial charge >= 0.3 is 0 Å². The van der Waals surface area contributed by atoms with E-state index in [0.717, 1.165) is 46.1 Å². The van der Waals surface area contributed by atoms with Crippen LogP contribution in [-0.4, -0.2) is 0 Å². The molecule has 12 aromatic rings. The lowest BCUT2D eigenvalue weighted by atomic mass is 9.68. The van der Waals surface area contributed by atoms with E-state index in [2.05, 4.69) is 249 Å². The average Bonchev–Trinajstić information content (AvgIpc) is 1.53. The van der Waals surface area contributed by atoms with E-state index in [1.54, 1.807) is 22.3 Å². The fraction of sp³-hybridized carbons (Fsp3) is 0.400. The molecule has 530 valence electrons. The van der Waals surface area contributed by atoms with E-state index in [9.17, 15) is 0 Å². The molecule has 0 bridgehead atoms. The van der Waals surface area contributed by atoms with Gasteiger partial charge < -0.3 is 13.7 Å². The third-order valence-electron chi connectivity index (χ3n) is 25.1. The average molecular weight is 1360 g/mol. The highest BCUT2D eigenvalue weighted by Gasteiger charge is 2.49. The van der Waals surface area contributed by atoms with Gasteiger partial charge in [0.15, 0.2) is 0 Å². The first-order chi connectivity index (χ1) is 50.4. The summed E-state index contributed by atoms with van der Waals surface area (Å²) in [5, 5.41) is 4.95. The summed E-state index contributed by atoms with van der Waals surface area (Å²) >= 11 is 0. The van der Waals surface area contributed by atoms with Crippen molar-refractivity contribution in [3.05, 3.63) is 232 Å². The van der Waals surface area contributed by atoms with Gasteiger partial charge in [-0.2, -0.15) is 0 Å². The van der Waals surface area contributed by atoms with E-state index in [4.69, 9.17) is 8.83 Å². The lowest BCUT2D eigenvalue weighted by molar-refractivity contribution is 0.394. The molecule has 0 radical (unpaired) electrons. The Morgan fingerprint density at radius 3 is 1.35 bits per heavy atom. The number of para-hydroxylation sites is 2. The predicted octanol–water partition coefficient (Wildman–Crippen LogP) is 31.1. The maximum atomic E-state index is 7.15. The van der Waals surface area contributed by atoms with Crippen molar-refractivity contribution in [1.29, 1.82) is 0 Å². The molecule has 3 aliphatic carbocycles. The molecule has 15 rings (SSSR count). The Balaban J connectivity index is 0.936. The number of hydrogen-bond acceptors (Lipinski definition) is 3. The molecule has 10 aromatic carbocycles. The molecule has 0 atom stereocenters. The molecule has 0 N–H and O–H groups in total.